The molecule has 8 nitrogen and oxygen atoms in total. The minimum absolute atomic E-state index is 0.0789. The summed E-state index contributed by atoms with van der Waals surface area (Å²) < 4.78 is 17.8. The summed E-state index contributed by atoms with van der Waals surface area (Å²) in [5, 5.41) is 7.10. The molecule has 0 fully saturated rings. The molecule has 0 bridgehead atoms. The summed E-state index contributed by atoms with van der Waals surface area (Å²) in [5.74, 6) is 1.59. The van der Waals surface area contributed by atoms with Crippen LogP contribution in [0.5, 0.6) is 17.2 Å². The van der Waals surface area contributed by atoms with Gasteiger partial charge in [-0.05, 0) is 35.7 Å². The number of aromatic nitrogens is 3. The zero-order valence-corrected chi connectivity index (χ0v) is 16.7. The Morgan fingerprint density at radius 1 is 1.07 bits per heavy atom. The monoisotopic (exact) mass is 396 g/mol. The molecule has 1 heterocycles. The molecule has 0 saturated carbocycles. The number of carbonyl (C=O) groups is 1. The third-order valence-corrected chi connectivity index (χ3v) is 4.46. The molecule has 0 saturated heterocycles. The van der Waals surface area contributed by atoms with Crippen LogP contribution in [0.4, 0.5) is 5.69 Å². The smallest absolute Gasteiger partial charge is 0.224 e. The van der Waals surface area contributed by atoms with E-state index in [0.717, 1.165) is 16.8 Å². The van der Waals surface area contributed by atoms with Crippen molar-refractivity contribution in [1.29, 1.82) is 0 Å². The Kier molecular flexibility index (Phi) is 6.67. The Balaban J connectivity index is 1.66. The number of nitrogens with one attached hydrogen (secondary N) is 1. The molecule has 0 atom stereocenters. The largest absolute Gasteiger partial charge is 0.493 e. The fourth-order valence-electron chi connectivity index (χ4n) is 3.02. The summed E-state index contributed by atoms with van der Waals surface area (Å²) in [6.45, 7) is 0.531. The van der Waals surface area contributed by atoms with E-state index in [2.05, 4.69) is 15.4 Å². The highest BCUT2D eigenvalue weighted by Crippen LogP contribution is 2.38. The molecule has 1 amide bonds. The topological polar surface area (TPSA) is 87.5 Å². The van der Waals surface area contributed by atoms with E-state index < -0.39 is 0 Å². The number of para-hydroxylation sites is 1. The van der Waals surface area contributed by atoms with Crippen molar-refractivity contribution in [2.24, 2.45) is 0 Å². The summed E-state index contributed by atoms with van der Waals surface area (Å²) >= 11 is 0. The first-order valence-corrected chi connectivity index (χ1v) is 9.13. The van der Waals surface area contributed by atoms with Gasteiger partial charge in [-0.2, -0.15) is 5.10 Å². The van der Waals surface area contributed by atoms with Gasteiger partial charge in [-0.1, -0.05) is 18.2 Å². The normalized spacial score (nSPS) is 10.4. The van der Waals surface area contributed by atoms with Crippen molar-refractivity contribution in [3.05, 3.63) is 60.2 Å². The summed E-state index contributed by atoms with van der Waals surface area (Å²) in [6.07, 6.45) is 3.98. The molecule has 0 unspecified atom stereocenters. The van der Waals surface area contributed by atoms with E-state index in [-0.39, 0.29) is 5.91 Å². The van der Waals surface area contributed by atoms with Crippen LogP contribution in [0, 0.1) is 0 Å². The third kappa shape index (κ3) is 5.04. The molecule has 8 heteroatoms. The molecule has 0 aliphatic heterocycles. The van der Waals surface area contributed by atoms with E-state index >= 15 is 0 Å². The number of ether oxygens (including phenoxy) is 3. The van der Waals surface area contributed by atoms with Gasteiger partial charge in [0.05, 0.1) is 27.9 Å². The lowest BCUT2D eigenvalue weighted by molar-refractivity contribution is -0.116. The van der Waals surface area contributed by atoms with Gasteiger partial charge in [0.2, 0.25) is 11.7 Å². The first-order valence-electron chi connectivity index (χ1n) is 9.13. The zero-order chi connectivity index (χ0) is 20.6. The molecule has 0 aliphatic rings. The van der Waals surface area contributed by atoms with Crippen LogP contribution in [-0.2, 0) is 17.8 Å². The Bertz CT molecular complexity index is 932. The maximum atomic E-state index is 12.5. The van der Waals surface area contributed by atoms with Gasteiger partial charge in [0.1, 0.15) is 12.7 Å². The quantitative estimate of drug-likeness (QED) is 0.598. The van der Waals surface area contributed by atoms with Crippen LogP contribution in [0.25, 0.3) is 0 Å². The van der Waals surface area contributed by atoms with Crippen LogP contribution >= 0.6 is 0 Å². The average molecular weight is 396 g/mol. The van der Waals surface area contributed by atoms with E-state index in [1.165, 1.54) is 6.33 Å². The lowest BCUT2D eigenvalue weighted by atomic mass is 10.1. The molecule has 3 rings (SSSR count). The molecule has 1 N–H and O–H groups in total. The van der Waals surface area contributed by atoms with Gasteiger partial charge >= 0.3 is 0 Å². The number of hydrogen-bond donors (Lipinski definition) is 1. The molecule has 152 valence electrons. The molecular weight excluding hydrogens is 372 g/mol. The van der Waals surface area contributed by atoms with Crippen LogP contribution in [0.2, 0.25) is 0 Å². The number of amides is 1. The summed E-state index contributed by atoms with van der Waals surface area (Å²) in [7, 11) is 4.70. The highest BCUT2D eigenvalue weighted by atomic mass is 16.5. The van der Waals surface area contributed by atoms with E-state index in [9.17, 15) is 4.79 Å². The SMILES string of the molecule is COc1cc(CCC(=O)Nc2ccccc2Cn2cncn2)cc(OC)c1OC. The molecule has 3 aromatic rings. The average Bonchev–Trinajstić information content (AvgIpc) is 3.26. The van der Waals surface area contributed by atoms with Crippen molar-refractivity contribution < 1.29 is 19.0 Å². The summed E-state index contributed by atoms with van der Waals surface area (Å²) in [5.41, 5.74) is 2.64. The van der Waals surface area contributed by atoms with Crippen molar-refractivity contribution in [3.8, 4) is 17.2 Å². The van der Waals surface area contributed by atoms with Gasteiger partial charge in [0, 0.05) is 12.1 Å². The van der Waals surface area contributed by atoms with Gasteiger partial charge < -0.3 is 19.5 Å². The van der Waals surface area contributed by atoms with E-state index in [0.29, 0.717) is 36.6 Å². The number of aryl methyl sites for hydroxylation is 1. The highest BCUT2D eigenvalue weighted by molar-refractivity contribution is 5.91. The highest BCUT2D eigenvalue weighted by Gasteiger charge is 2.14. The lowest BCUT2D eigenvalue weighted by Crippen LogP contribution is -2.14. The molecule has 29 heavy (non-hydrogen) atoms. The van der Waals surface area contributed by atoms with Gasteiger partial charge in [0.25, 0.3) is 0 Å². The van der Waals surface area contributed by atoms with Crippen molar-refractivity contribution in [2.75, 3.05) is 26.6 Å². The van der Waals surface area contributed by atoms with Crippen molar-refractivity contribution in [1.82, 2.24) is 14.8 Å². The predicted molar refractivity (Wildman–Crippen MR) is 109 cm³/mol. The van der Waals surface area contributed by atoms with Gasteiger partial charge in [0.15, 0.2) is 11.5 Å². The molecule has 2 aromatic carbocycles. The number of rotatable bonds is 9. The first kappa shape index (κ1) is 20.2. The van der Waals surface area contributed by atoms with Gasteiger partial charge in [-0.25, -0.2) is 9.67 Å². The second kappa shape index (κ2) is 9.59. The molecular formula is C21H24N4O4. The van der Waals surface area contributed by atoms with Crippen LogP contribution in [0.1, 0.15) is 17.5 Å². The number of carbonyl (C=O) groups excluding carboxylic acids is 1. The predicted octanol–water partition coefficient (Wildman–Crippen LogP) is 2.92. The first-order chi connectivity index (χ1) is 14.1. The van der Waals surface area contributed by atoms with Crippen LogP contribution in [0.15, 0.2) is 49.1 Å². The van der Waals surface area contributed by atoms with E-state index in [1.54, 1.807) is 32.3 Å². The zero-order valence-electron chi connectivity index (χ0n) is 16.7. The van der Waals surface area contributed by atoms with Crippen LogP contribution in [-0.4, -0.2) is 42.0 Å². The van der Waals surface area contributed by atoms with Crippen LogP contribution in [0.3, 0.4) is 0 Å². The minimum atomic E-state index is -0.0789. The van der Waals surface area contributed by atoms with Crippen molar-refractivity contribution >= 4 is 11.6 Å². The van der Waals surface area contributed by atoms with Crippen molar-refractivity contribution in [3.63, 3.8) is 0 Å². The lowest BCUT2D eigenvalue weighted by Gasteiger charge is -2.14. The molecule has 0 spiro atoms. The maximum absolute atomic E-state index is 12.5. The third-order valence-electron chi connectivity index (χ3n) is 4.46. The molecule has 0 radical (unpaired) electrons. The van der Waals surface area contributed by atoms with E-state index in [4.69, 9.17) is 14.2 Å². The maximum Gasteiger partial charge on any atom is 0.224 e. The Hall–Kier alpha value is -3.55. The minimum Gasteiger partial charge on any atom is -0.493 e. The Morgan fingerprint density at radius 3 is 2.41 bits per heavy atom. The molecule has 1 aromatic heterocycles. The summed E-state index contributed by atoms with van der Waals surface area (Å²) in [6, 6.07) is 11.4. The number of methoxy groups -OCH3 is 3. The van der Waals surface area contributed by atoms with Gasteiger partial charge in [-0.3, -0.25) is 4.79 Å². The van der Waals surface area contributed by atoms with E-state index in [1.807, 2.05) is 36.4 Å². The second-order valence-corrected chi connectivity index (χ2v) is 6.33. The number of nitrogens with zero attached hydrogens (tertiary/aromatic N) is 3. The van der Waals surface area contributed by atoms with Crippen molar-refractivity contribution in [2.45, 2.75) is 19.4 Å². The second-order valence-electron chi connectivity index (χ2n) is 6.33. The Labute approximate surface area is 169 Å². The number of anilines is 1. The van der Waals surface area contributed by atoms with Crippen LogP contribution < -0.4 is 19.5 Å². The number of benzene rings is 2. The standard InChI is InChI=1S/C21H24N4O4/c1-27-18-10-15(11-19(28-2)21(18)29-3)8-9-20(26)24-17-7-5-4-6-16(17)12-25-14-22-13-23-25/h4-7,10-11,13-14H,8-9,12H2,1-3H3,(H,24,26). The Morgan fingerprint density at radius 2 is 1.79 bits per heavy atom. The summed E-state index contributed by atoms with van der Waals surface area (Å²) in [4.78, 5) is 16.5. The fraction of sp³-hybridized carbons (Fsp3) is 0.286. The fourth-order valence-corrected chi connectivity index (χ4v) is 3.02. The van der Waals surface area contributed by atoms with Gasteiger partial charge in [-0.15, -0.1) is 0 Å². The number of hydrogen-bond acceptors (Lipinski definition) is 6. The molecule has 0 aliphatic carbocycles.